The van der Waals surface area contributed by atoms with Crippen LogP contribution in [0, 0.1) is 0 Å². The number of aromatic hydroxyl groups is 2. The molecule has 0 bridgehead atoms. The number of aliphatic carboxylic acids is 1. The molecule has 2 N–H and O–H groups in total. The van der Waals surface area contributed by atoms with Crippen molar-refractivity contribution in [2.45, 2.75) is 6.42 Å². The molecule has 0 spiro atoms. The molecule has 17 heavy (non-hydrogen) atoms. The van der Waals surface area contributed by atoms with Crippen LogP contribution in [-0.4, -0.2) is 16.2 Å². The quantitative estimate of drug-likeness (QED) is 0.536. The van der Waals surface area contributed by atoms with E-state index in [1.165, 1.54) is 12.1 Å². The molecular formula is C11H7O6-. The molecular weight excluding hydrogens is 228 g/mol. The molecule has 0 saturated carbocycles. The van der Waals surface area contributed by atoms with Crippen LogP contribution in [0.1, 0.15) is 5.56 Å². The van der Waals surface area contributed by atoms with Gasteiger partial charge in [0.15, 0.2) is 11.3 Å². The van der Waals surface area contributed by atoms with Crippen molar-refractivity contribution in [3.05, 3.63) is 34.2 Å². The zero-order valence-corrected chi connectivity index (χ0v) is 8.47. The van der Waals surface area contributed by atoms with Gasteiger partial charge in [0.2, 0.25) is 5.75 Å². The third kappa shape index (κ3) is 1.92. The number of hydrogen-bond acceptors (Lipinski definition) is 6. The van der Waals surface area contributed by atoms with E-state index in [1.54, 1.807) is 0 Å². The Morgan fingerprint density at radius 2 is 2.06 bits per heavy atom. The van der Waals surface area contributed by atoms with Crippen molar-refractivity contribution in [2.24, 2.45) is 0 Å². The predicted octanol–water partition coefficient (Wildman–Crippen LogP) is -0.503. The summed E-state index contributed by atoms with van der Waals surface area (Å²) < 4.78 is 4.72. The van der Waals surface area contributed by atoms with Crippen molar-refractivity contribution in [1.82, 2.24) is 0 Å². The van der Waals surface area contributed by atoms with E-state index < -0.39 is 29.5 Å². The summed E-state index contributed by atoms with van der Waals surface area (Å²) in [6, 6.07) is 3.54. The Morgan fingerprint density at radius 3 is 2.71 bits per heavy atom. The summed E-state index contributed by atoms with van der Waals surface area (Å²) in [7, 11) is 0. The highest BCUT2D eigenvalue weighted by molar-refractivity contribution is 5.89. The third-order valence-electron chi connectivity index (χ3n) is 2.29. The molecule has 1 aromatic carbocycles. The Morgan fingerprint density at radius 1 is 1.35 bits per heavy atom. The average Bonchev–Trinajstić information content (AvgIpc) is 2.23. The average molecular weight is 235 g/mol. The van der Waals surface area contributed by atoms with Gasteiger partial charge in [0.1, 0.15) is 0 Å². The van der Waals surface area contributed by atoms with Crippen LogP contribution < -0.4 is 10.7 Å². The maximum Gasteiger partial charge on any atom is 0.336 e. The van der Waals surface area contributed by atoms with Crippen molar-refractivity contribution in [3.63, 3.8) is 0 Å². The summed E-state index contributed by atoms with van der Waals surface area (Å²) in [4.78, 5) is 21.7. The van der Waals surface area contributed by atoms with Crippen LogP contribution in [0.4, 0.5) is 0 Å². The van der Waals surface area contributed by atoms with E-state index in [9.17, 15) is 24.9 Å². The first kappa shape index (κ1) is 11.0. The van der Waals surface area contributed by atoms with Crippen LogP contribution in [0.25, 0.3) is 11.0 Å². The van der Waals surface area contributed by atoms with Crippen LogP contribution in [0.2, 0.25) is 0 Å². The van der Waals surface area contributed by atoms with E-state index in [-0.39, 0.29) is 16.5 Å². The van der Waals surface area contributed by atoms with Crippen molar-refractivity contribution < 1.29 is 24.5 Å². The molecule has 0 amide bonds. The minimum absolute atomic E-state index is 0.159. The van der Waals surface area contributed by atoms with Gasteiger partial charge in [-0.05, 0) is 17.7 Å². The first-order valence-electron chi connectivity index (χ1n) is 4.66. The topological polar surface area (TPSA) is 111 Å². The Labute approximate surface area is 94.4 Å². The molecule has 0 saturated heterocycles. The van der Waals surface area contributed by atoms with Crippen LogP contribution in [0.5, 0.6) is 11.5 Å². The summed E-state index contributed by atoms with van der Waals surface area (Å²) in [5.74, 6) is -2.41. The fraction of sp³-hybridized carbons (Fsp3) is 0.0909. The number of hydrogen-bond donors (Lipinski definition) is 2. The van der Waals surface area contributed by atoms with Gasteiger partial charge in [0.05, 0.1) is 0 Å². The first-order valence-corrected chi connectivity index (χ1v) is 4.66. The molecule has 0 aliphatic heterocycles. The van der Waals surface area contributed by atoms with E-state index in [4.69, 9.17) is 4.42 Å². The highest BCUT2D eigenvalue weighted by Crippen LogP contribution is 2.33. The van der Waals surface area contributed by atoms with Gasteiger partial charge in [-0.2, -0.15) is 0 Å². The molecule has 0 atom stereocenters. The highest BCUT2D eigenvalue weighted by atomic mass is 16.4. The van der Waals surface area contributed by atoms with Crippen molar-refractivity contribution in [1.29, 1.82) is 0 Å². The number of carboxylic acid groups (broad SMARTS) is 1. The summed E-state index contributed by atoms with van der Waals surface area (Å²) >= 11 is 0. The number of phenolic OH excluding ortho intramolecular Hbond substituents is 2. The number of carboxylic acids is 1. The normalized spacial score (nSPS) is 10.6. The van der Waals surface area contributed by atoms with Crippen LogP contribution in [0.3, 0.4) is 0 Å². The zero-order chi connectivity index (χ0) is 12.6. The molecule has 2 aromatic rings. The second kappa shape index (κ2) is 3.82. The smallest absolute Gasteiger partial charge is 0.336 e. The summed E-state index contributed by atoms with van der Waals surface area (Å²) in [6.07, 6.45) is -0.480. The molecule has 0 aliphatic carbocycles. The van der Waals surface area contributed by atoms with E-state index in [0.29, 0.717) is 0 Å². The second-order valence-electron chi connectivity index (χ2n) is 3.45. The molecule has 0 aliphatic rings. The molecule has 0 radical (unpaired) electrons. The van der Waals surface area contributed by atoms with Crippen molar-refractivity contribution in [3.8, 4) is 11.5 Å². The number of benzene rings is 1. The number of carbonyl (C=O) groups excluding carboxylic acids is 1. The SMILES string of the molecule is O=C([O-])Cc1cc(=O)oc2c(O)c(O)ccc12. The Kier molecular flexibility index (Phi) is 2.47. The van der Waals surface area contributed by atoms with Gasteiger partial charge < -0.3 is 24.5 Å². The van der Waals surface area contributed by atoms with Gasteiger partial charge in [-0.1, -0.05) is 0 Å². The molecule has 88 valence electrons. The van der Waals surface area contributed by atoms with E-state index in [2.05, 4.69) is 0 Å². The number of phenols is 2. The van der Waals surface area contributed by atoms with Crippen molar-refractivity contribution >= 4 is 16.9 Å². The second-order valence-corrected chi connectivity index (χ2v) is 3.45. The van der Waals surface area contributed by atoms with Gasteiger partial charge in [-0.3, -0.25) is 0 Å². The van der Waals surface area contributed by atoms with Crippen LogP contribution in [0.15, 0.2) is 27.4 Å². The Balaban J connectivity index is 2.81. The highest BCUT2D eigenvalue weighted by Gasteiger charge is 2.12. The number of fused-ring (bicyclic) bond motifs is 1. The first-order chi connectivity index (χ1) is 7.99. The fourth-order valence-electron chi connectivity index (χ4n) is 1.57. The van der Waals surface area contributed by atoms with Crippen LogP contribution >= 0.6 is 0 Å². The lowest BCUT2D eigenvalue weighted by molar-refractivity contribution is -0.304. The maximum absolute atomic E-state index is 11.2. The lowest BCUT2D eigenvalue weighted by Crippen LogP contribution is -2.25. The number of rotatable bonds is 2. The molecule has 1 aromatic heterocycles. The van der Waals surface area contributed by atoms with E-state index >= 15 is 0 Å². The standard InChI is InChI=1S/C11H8O6/c12-7-2-1-6-5(3-8(13)14)4-9(15)17-11(6)10(7)16/h1-2,4,12,16H,3H2,(H,13,14)/p-1. The Hall–Kier alpha value is -2.50. The molecule has 0 fully saturated rings. The van der Waals surface area contributed by atoms with Crippen LogP contribution in [-0.2, 0) is 11.2 Å². The maximum atomic E-state index is 11.2. The van der Waals surface area contributed by atoms with E-state index in [1.807, 2.05) is 0 Å². The minimum atomic E-state index is -1.36. The van der Waals surface area contributed by atoms with Gasteiger partial charge in [0.25, 0.3) is 0 Å². The summed E-state index contributed by atoms with van der Waals surface area (Å²) in [5.41, 5.74) is -0.894. The van der Waals surface area contributed by atoms with Gasteiger partial charge in [-0.25, -0.2) is 4.79 Å². The summed E-state index contributed by atoms with van der Waals surface area (Å²) in [6.45, 7) is 0. The Bertz CT molecular complexity index is 655. The van der Waals surface area contributed by atoms with Crippen molar-refractivity contribution in [2.75, 3.05) is 0 Å². The minimum Gasteiger partial charge on any atom is -0.550 e. The fourth-order valence-corrected chi connectivity index (χ4v) is 1.57. The largest absolute Gasteiger partial charge is 0.550 e. The zero-order valence-electron chi connectivity index (χ0n) is 8.47. The lowest BCUT2D eigenvalue weighted by Gasteiger charge is -2.07. The molecule has 2 rings (SSSR count). The molecule has 0 unspecified atom stereocenters. The summed E-state index contributed by atoms with van der Waals surface area (Å²) in [5, 5.41) is 29.5. The van der Waals surface area contributed by atoms with Gasteiger partial charge in [0, 0.05) is 23.8 Å². The lowest BCUT2D eigenvalue weighted by atomic mass is 10.1. The molecule has 1 heterocycles. The number of carbonyl (C=O) groups is 1. The van der Waals surface area contributed by atoms with E-state index in [0.717, 1.165) is 6.07 Å². The third-order valence-corrected chi connectivity index (χ3v) is 2.29. The predicted molar refractivity (Wildman–Crippen MR) is 54.5 cm³/mol. The molecule has 6 nitrogen and oxygen atoms in total. The monoisotopic (exact) mass is 235 g/mol. The molecule has 6 heteroatoms. The van der Waals surface area contributed by atoms with Gasteiger partial charge >= 0.3 is 5.63 Å². The van der Waals surface area contributed by atoms with Gasteiger partial charge in [-0.15, -0.1) is 0 Å².